The quantitative estimate of drug-likeness (QED) is 0.665. The van der Waals surface area contributed by atoms with E-state index in [2.05, 4.69) is 32.1 Å². The molecule has 1 unspecified atom stereocenters. The van der Waals surface area contributed by atoms with Crippen LogP contribution in [-0.2, 0) is 11.3 Å². The smallest absolute Gasteiger partial charge is 0.234 e. The molecule has 1 heterocycles. The van der Waals surface area contributed by atoms with Crippen LogP contribution in [0.15, 0.2) is 48.5 Å². The normalized spacial score (nSPS) is 16.3. The summed E-state index contributed by atoms with van der Waals surface area (Å²) in [5.41, 5.74) is 2.12. The van der Waals surface area contributed by atoms with Crippen LogP contribution in [0.3, 0.4) is 0 Å². The summed E-state index contributed by atoms with van der Waals surface area (Å²) in [6, 6.07) is 15.5. The standard InChI is InChI=1S/C24H33FN4O2/c1-27(2)22(20-7-5-4-6-8-20)16-26-24(30)18-29-13-11-28(12-14-29)17-19-9-10-23(31-3)21(25)15-19/h4-10,15,22H,11-14,16-18H2,1-3H3,(H,26,30). The summed E-state index contributed by atoms with van der Waals surface area (Å²) >= 11 is 0. The molecule has 168 valence electrons. The average Bonchev–Trinajstić information content (AvgIpc) is 2.76. The molecule has 1 atom stereocenters. The number of nitrogens with zero attached hydrogens (tertiary/aromatic N) is 3. The van der Waals surface area contributed by atoms with Crippen molar-refractivity contribution in [3.8, 4) is 5.75 Å². The molecule has 1 fully saturated rings. The average molecular weight is 429 g/mol. The zero-order valence-electron chi connectivity index (χ0n) is 18.7. The van der Waals surface area contributed by atoms with Gasteiger partial charge in [0.2, 0.25) is 5.91 Å². The summed E-state index contributed by atoms with van der Waals surface area (Å²) < 4.78 is 18.9. The third-order valence-corrected chi connectivity index (χ3v) is 5.75. The number of nitrogens with one attached hydrogen (secondary N) is 1. The minimum atomic E-state index is -0.332. The van der Waals surface area contributed by atoms with Gasteiger partial charge in [-0.05, 0) is 37.4 Å². The number of amides is 1. The Morgan fingerprint density at radius 1 is 1.10 bits per heavy atom. The van der Waals surface area contributed by atoms with Crippen LogP contribution in [0.25, 0.3) is 0 Å². The summed E-state index contributed by atoms with van der Waals surface area (Å²) in [4.78, 5) is 19.1. The van der Waals surface area contributed by atoms with Crippen LogP contribution < -0.4 is 10.1 Å². The SMILES string of the molecule is COc1ccc(CN2CCN(CC(=O)NCC(c3ccccc3)N(C)C)CC2)cc1F. The van der Waals surface area contributed by atoms with E-state index in [9.17, 15) is 9.18 Å². The molecular formula is C24H33FN4O2. The molecule has 31 heavy (non-hydrogen) atoms. The van der Waals surface area contributed by atoms with Crippen molar-refractivity contribution in [1.29, 1.82) is 0 Å². The Kier molecular flexibility index (Phi) is 8.40. The number of methoxy groups -OCH3 is 1. The fourth-order valence-electron chi connectivity index (χ4n) is 3.92. The van der Waals surface area contributed by atoms with Gasteiger partial charge >= 0.3 is 0 Å². The zero-order valence-corrected chi connectivity index (χ0v) is 18.7. The van der Waals surface area contributed by atoms with Crippen molar-refractivity contribution in [1.82, 2.24) is 20.0 Å². The van der Waals surface area contributed by atoms with E-state index in [-0.39, 0.29) is 23.5 Å². The van der Waals surface area contributed by atoms with Crippen molar-refractivity contribution < 1.29 is 13.9 Å². The summed E-state index contributed by atoms with van der Waals surface area (Å²) in [5.74, 6) is -0.0151. The van der Waals surface area contributed by atoms with Crippen molar-refractivity contribution in [3.05, 3.63) is 65.5 Å². The maximum atomic E-state index is 13.9. The first kappa shape index (κ1) is 23.2. The Labute approximate surface area is 184 Å². The van der Waals surface area contributed by atoms with Gasteiger partial charge in [0.1, 0.15) is 0 Å². The van der Waals surface area contributed by atoms with E-state index in [0.717, 1.165) is 31.7 Å². The first-order chi connectivity index (χ1) is 15.0. The third kappa shape index (κ3) is 6.75. The molecule has 1 saturated heterocycles. The monoisotopic (exact) mass is 428 g/mol. The molecule has 1 aliphatic rings. The molecule has 0 aliphatic carbocycles. The largest absolute Gasteiger partial charge is 0.494 e. The van der Waals surface area contributed by atoms with Crippen LogP contribution in [0.1, 0.15) is 17.2 Å². The van der Waals surface area contributed by atoms with Gasteiger partial charge in [0.05, 0.1) is 19.7 Å². The van der Waals surface area contributed by atoms with Gasteiger partial charge < -0.3 is 15.0 Å². The fraction of sp³-hybridized carbons (Fsp3) is 0.458. The van der Waals surface area contributed by atoms with E-state index >= 15 is 0 Å². The number of rotatable bonds is 9. The van der Waals surface area contributed by atoms with Crippen molar-refractivity contribution in [2.24, 2.45) is 0 Å². The van der Waals surface area contributed by atoms with Crippen molar-refractivity contribution in [2.75, 3.05) is 60.5 Å². The van der Waals surface area contributed by atoms with Gasteiger partial charge in [-0.3, -0.25) is 14.6 Å². The number of hydrogen-bond donors (Lipinski definition) is 1. The van der Waals surface area contributed by atoms with Gasteiger partial charge in [-0.2, -0.15) is 0 Å². The molecule has 0 radical (unpaired) electrons. The number of ether oxygens (including phenoxy) is 1. The number of carbonyl (C=O) groups is 1. The number of hydrogen-bond acceptors (Lipinski definition) is 5. The molecule has 0 saturated carbocycles. The molecule has 0 aromatic heterocycles. The first-order valence-corrected chi connectivity index (χ1v) is 10.7. The minimum absolute atomic E-state index is 0.0495. The van der Waals surface area contributed by atoms with E-state index < -0.39 is 0 Å². The Bertz CT molecular complexity index is 839. The highest BCUT2D eigenvalue weighted by Gasteiger charge is 2.20. The lowest BCUT2D eigenvalue weighted by atomic mass is 10.1. The molecule has 2 aromatic rings. The predicted octanol–water partition coefficient (Wildman–Crippen LogP) is 2.37. The van der Waals surface area contributed by atoms with Crippen LogP contribution in [0, 0.1) is 5.82 Å². The molecule has 7 heteroatoms. The van der Waals surface area contributed by atoms with Gasteiger partial charge in [-0.15, -0.1) is 0 Å². The van der Waals surface area contributed by atoms with Crippen molar-refractivity contribution in [2.45, 2.75) is 12.6 Å². The van der Waals surface area contributed by atoms with E-state index in [1.165, 1.54) is 18.7 Å². The maximum Gasteiger partial charge on any atom is 0.234 e. The van der Waals surface area contributed by atoms with Crippen LogP contribution in [-0.4, -0.2) is 81.1 Å². The van der Waals surface area contributed by atoms with Crippen molar-refractivity contribution >= 4 is 5.91 Å². The van der Waals surface area contributed by atoms with Crippen LogP contribution in [0.4, 0.5) is 4.39 Å². The van der Waals surface area contributed by atoms with Crippen LogP contribution in [0.2, 0.25) is 0 Å². The molecule has 2 aromatic carbocycles. The molecule has 3 rings (SSSR count). The van der Waals surface area contributed by atoms with Gasteiger partial charge in [-0.25, -0.2) is 4.39 Å². The molecular weight excluding hydrogens is 395 g/mol. The zero-order chi connectivity index (χ0) is 22.2. The van der Waals surface area contributed by atoms with E-state index in [4.69, 9.17) is 4.74 Å². The summed E-state index contributed by atoms with van der Waals surface area (Å²) in [7, 11) is 5.52. The number of halogens is 1. The van der Waals surface area contributed by atoms with Gasteiger partial charge in [-0.1, -0.05) is 36.4 Å². The highest BCUT2D eigenvalue weighted by Crippen LogP contribution is 2.19. The summed E-state index contributed by atoms with van der Waals surface area (Å²) in [6.07, 6.45) is 0. The van der Waals surface area contributed by atoms with Gasteiger partial charge in [0.25, 0.3) is 0 Å². The predicted molar refractivity (Wildman–Crippen MR) is 121 cm³/mol. The van der Waals surface area contributed by atoms with Crippen LogP contribution in [0.5, 0.6) is 5.75 Å². The van der Waals surface area contributed by atoms with Gasteiger partial charge in [0, 0.05) is 39.3 Å². The summed E-state index contributed by atoms with van der Waals surface area (Å²) in [5, 5.41) is 3.09. The fourth-order valence-corrected chi connectivity index (χ4v) is 3.92. The first-order valence-electron chi connectivity index (χ1n) is 10.7. The Hall–Kier alpha value is -2.48. The second-order valence-corrected chi connectivity index (χ2v) is 8.22. The number of piperazine rings is 1. The lowest BCUT2D eigenvalue weighted by molar-refractivity contribution is -0.122. The van der Waals surface area contributed by atoms with E-state index in [1.807, 2.05) is 38.4 Å². The number of benzene rings is 2. The lowest BCUT2D eigenvalue weighted by Crippen LogP contribution is -2.49. The number of carbonyl (C=O) groups excluding carboxylic acids is 1. The molecule has 0 bridgehead atoms. The van der Waals surface area contributed by atoms with Crippen LogP contribution >= 0.6 is 0 Å². The molecule has 1 aliphatic heterocycles. The second-order valence-electron chi connectivity index (χ2n) is 8.22. The van der Waals surface area contributed by atoms with E-state index in [1.54, 1.807) is 6.07 Å². The maximum absolute atomic E-state index is 13.9. The molecule has 0 spiro atoms. The summed E-state index contributed by atoms with van der Waals surface area (Å²) in [6.45, 7) is 5.03. The lowest BCUT2D eigenvalue weighted by Gasteiger charge is -2.34. The minimum Gasteiger partial charge on any atom is -0.494 e. The highest BCUT2D eigenvalue weighted by atomic mass is 19.1. The third-order valence-electron chi connectivity index (χ3n) is 5.75. The molecule has 1 N–H and O–H groups in total. The second kappa shape index (κ2) is 11.2. The molecule has 1 amide bonds. The Morgan fingerprint density at radius 3 is 2.39 bits per heavy atom. The topological polar surface area (TPSA) is 48.1 Å². The Balaban J connectivity index is 1.42. The highest BCUT2D eigenvalue weighted by molar-refractivity contribution is 5.78. The molecule has 6 nitrogen and oxygen atoms in total. The van der Waals surface area contributed by atoms with Crippen molar-refractivity contribution in [3.63, 3.8) is 0 Å². The number of likely N-dealkylation sites (N-methyl/N-ethyl adjacent to an activating group) is 1. The Morgan fingerprint density at radius 2 is 1.77 bits per heavy atom. The van der Waals surface area contributed by atoms with E-state index in [0.29, 0.717) is 19.6 Å². The van der Waals surface area contributed by atoms with Gasteiger partial charge in [0.15, 0.2) is 11.6 Å².